The van der Waals surface area contributed by atoms with Crippen LogP contribution in [0.5, 0.6) is 0 Å². The van der Waals surface area contributed by atoms with Gasteiger partial charge in [0, 0.05) is 11.6 Å². The number of hydrogen-bond acceptors (Lipinski definition) is 2. The third kappa shape index (κ3) is 0.567. The Labute approximate surface area is 67.7 Å². The average molecular weight is 158 g/mol. The smallest absolute Gasteiger partial charge is 0.139 e. The second-order valence-electron chi connectivity index (χ2n) is 2.66. The Morgan fingerprint density at radius 3 is 3.17 bits per heavy atom. The van der Waals surface area contributed by atoms with Crippen LogP contribution < -0.4 is 0 Å². The van der Waals surface area contributed by atoms with E-state index in [-0.39, 0.29) is 0 Å². The minimum Gasteiger partial charge on any atom is -0.346 e. The Kier molecular flexibility index (Phi) is 0.889. The molecule has 0 fully saturated rings. The number of H-pyrrole nitrogens is 2. The molecule has 0 radical (unpaired) electrons. The van der Waals surface area contributed by atoms with Gasteiger partial charge >= 0.3 is 0 Å². The van der Waals surface area contributed by atoms with E-state index in [4.69, 9.17) is 0 Å². The Hall–Kier alpha value is -1.84. The van der Waals surface area contributed by atoms with Gasteiger partial charge in [-0.15, -0.1) is 0 Å². The SMILES string of the molecule is c1cc2c(ncc3nc[nH]c32)[nH]1. The van der Waals surface area contributed by atoms with Gasteiger partial charge in [-0.05, 0) is 6.07 Å². The lowest BCUT2D eigenvalue weighted by atomic mass is 10.3. The van der Waals surface area contributed by atoms with E-state index in [1.54, 1.807) is 12.5 Å². The molecule has 0 saturated carbocycles. The predicted molar refractivity (Wildman–Crippen MR) is 45.7 cm³/mol. The second kappa shape index (κ2) is 1.85. The molecule has 0 aliphatic rings. The summed E-state index contributed by atoms with van der Waals surface area (Å²) in [6, 6.07) is 1.99. The first-order valence-electron chi connectivity index (χ1n) is 3.70. The summed E-state index contributed by atoms with van der Waals surface area (Å²) >= 11 is 0. The van der Waals surface area contributed by atoms with Crippen LogP contribution in [-0.4, -0.2) is 19.9 Å². The van der Waals surface area contributed by atoms with Gasteiger partial charge in [0.1, 0.15) is 11.2 Å². The molecule has 2 N–H and O–H groups in total. The van der Waals surface area contributed by atoms with Crippen molar-refractivity contribution in [1.29, 1.82) is 0 Å². The summed E-state index contributed by atoms with van der Waals surface area (Å²) < 4.78 is 0. The minimum atomic E-state index is 0.895. The van der Waals surface area contributed by atoms with Crippen LogP contribution in [0.4, 0.5) is 0 Å². The van der Waals surface area contributed by atoms with Gasteiger partial charge in [0.25, 0.3) is 0 Å². The summed E-state index contributed by atoms with van der Waals surface area (Å²) in [5.41, 5.74) is 2.84. The van der Waals surface area contributed by atoms with Crippen molar-refractivity contribution in [2.75, 3.05) is 0 Å². The van der Waals surface area contributed by atoms with E-state index in [1.165, 1.54) is 0 Å². The first-order valence-corrected chi connectivity index (χ1v) is 3.70. The fourth-order valence-corrected chi connectivity index (χ4v) is 1.41. The molecule has 4 heteroatoms. The van der Waals surface area contributed by atoms with Crippen LogP contribution in [0.2, 0.25) is 0 Å². The third-order valence-electron chi connectivity index (χ3n) is 1.98. The fourth-order valence-electron chi connectivity index (χ4n) is 1.41. The quantitative estimate of drug-likeness (QED) is 0.520. The van der Waals surface area contributed by atoms with Crippen LogP contribution in [0.15, 0.2) is 24.8 Å². The van der Waals surface area contributed by atoms with Crippen molar-refractivity contribution in [3.63, 3.8) is 0 Å². The number of nitrogens with one attached hydrogen (secondary N) is 2. The molecule has 4 nitrogen and oxygen atoms in total. The molecule has 3 heterocycles. The van der Waals surface area contributed by atoms with Crippen molar-refractivity contribution >= 4 is 22.1 Å². The third-order valence-corrected chi connectivity index (χ3v) is 1.98. The molecule has 0 unspecified atom stereocenters. The Morgan fingerprint density at radius 2 is 2.17 bits per heavy atom. The number of aromatic amines is 2. The zero-order valence-corrected chi connectivity index (χ0v) is 6.20. The van der Waals surface area contributed by atoms with Gasteiger partial charge in [-0.2, -0.15) is 0 Å². The number of fused-ring (bicyclic) bond motifs is 3. The molecule has 0 amide bonds. The summed E-state index contributed by atoms with van der Waals surface area (Å²) in [5.74, 6) is 0. The predicted octanol–water partition coefficient (Wildman–Crippen LogP) is 1.44. The van der Waals surface area contributed by atoms with Crippen molar-refractivity contribution in [3.05, 3.63) is 24.8 Å². The molecule has 58 valence electrons. The monoisotopic (exact) mass is 158 g/mol. The maximum atomic E-state index is 4.20. The topological polar surface area (TPSA) is 57.4 Å². The molecule has 3 rings (SSSR count). The van der Waals surface area contributed by atoms with E-state index in [2.05, 4.69) is 19.9 Å². The summed E-state index contributed by atoms with van der Waals surface area (Å²) in [6.07, 6.45) is 5.31. The molecule has 0 aliphatic heterocycles. The highest BCUT2D eigenvalue weighted by Gasteiger charge is 2.02. The van der Waals surface area contributed by atoms with Gasteiger partial charge < -0.3 is 9.97 Å². The number of rotatable bonds is 0. The lowest BCUT2D eigenvalue weighted by Crippen LogP contribution is -1.77. The largest absolute Gasteiger partial charge is 0.346 e. The first kappa shape index (κ1) is 5.77. The average Bonchev–Trinajstić information content (AvgIpc) is 2.71. The Balaban J connectivity index is 2.71. The molecule has 0 bridgehead atoms. The van der Waals surface area contributed by atoms with Gasteiger partial charge in [-0.25, -0.2) is 9.97 Å². The van der Waals surface area contributed by atoms with Crippen molar-refractivity contribution < 1.29 is 0 Å². The van der Waals surface area contributed by atoms with Crippen molar-refractivity contribution in [1.82, 2.24) is 19.9 Å². The van der Waals surface area contributed by atoms with E-state index in [0.29, 0.717) is 0 Å². The first-order chi connectivity index (χ1) is 5.95. The maximum absolute atomic E-state index is 4.20. The normalized spacial score (nSPS) is 11.3. The molecule has 3 aromatic heterocycles. The van der Waals surface area contributed by atoms with Crippen molar-refractivity contribution in [2.45, 2.75) is 0 Å². The molecular formula is C8H6N4. The van der Waals surface area contributed by atoms with Crippen molar-refractivity contribution in [2.24, 2.45) is 0 Å². The van der Waals surface area contributed by atoms with Crippen LogP contribution in [0.1, 0.15) is 0 Å². The highest BCUT2D eigenvalue weighted by molar-refractivity contribution is 6.00. The minimum absolute atomic E-state index is 0.895. The molecule has 0 saturated heterocycles. The standard InChI is InChI=1S/C8H6N4/c1-2-9-8-5(1)7-6(3-10-8)11-4-12-7/h1-4H,(H,9,10)(H,11,12). The van der Waals surface area contributed by atoms with E-state index in [0.717, 1.165) is 22.1 Å². The molecular weight excluding hydrogens is 152 g/mol. The number of pyridine rings is 1. The van der Waals surface area contributed by atoms with E-state index in [1.807, 2.05) is 12.3 Å². The number of aromatic nitrogens is 4. The van der Waals surface area contributed by atoms with Crippen LogP contribution in [-0.2, 0) is 0 Å². The Morgan fingerprint density at radius 1 is 1.17 bits per heavy atom. The van der Waals surface area contributed by atoms with E-state index < -0.39 is 0 Å². The lowest BCUT2D eigenvalue weighted by Gasteiger charge is -1.89. The summed E-state index contributed by atoms with van der Waals surface area (Å²) in [4.78, 5) is 14.4. The molecule has 0 aromatic carbocycles. The van der Waals surface area contributed by atoms with Crippen LogP contribution in [0.25, 0.3) is 22.1 Å². The highest BCUT2D eigenvalue weighted by Crippen LogP contribution is 2.18. The van der Waals surface area contributed by atoms with Gasteiger partial charge in [0.05, 0.1) is 18.0 Å². The summed E-state index contributed by atoms with van der Waals surface area (Å²) in [6.45, 7) is 0. The van der Waals surface area contributed by atoms with Crippen LogP contribution in [0.3, 0.4) is 0 Å². The zero-order chi connectivity index (χ0) is 7.97. The fraction of sp³-hybridized carbons (Fsp3) is 0. The molecule has 12 heavy (non-hydrogen) atoms. The molecule has 0 aliphatic carbocycles. The van der Waals surface area contributed by atoms with Gasteiger partial charge in [0.15, 0.2) is 0 Å². The summed E-state index contributed by atoms with van der Waals surface area (Å²) in [7, 11) is 0. The van der Waals surface area contributed by atoms with Crippen LogP contribution >= 0.6 is 0 Å². The molecule has 3 aromatic rings. The molecule has 0 atom stereocenters. The number of nitrogens with zero attached hydrogens (tertiary/aromatic N) is 2. The Bertz CT molecular complexity index is 484. The number of hydrogen-bond donors (Lipinski definition) is 2. The summed E-state index contributed by atoms with van der Waals surface area (Å²) in [5, 5.41) is 1.09. The molecule has 0 spiro atoms. The highest BCUT2D eigenvalue weighted by atomic mass is 14.9. The van der Waals surface area contributed by atoms with Gasteiger partial charge in [-0.3, -0.25) is 0 Å². The zero-order valence-electron chi connectivity index (χ0n) is 6.20. The van der Waals surface area contributed by atoms with Crippen molar-refractivity contribution in [3.8, 4) is 0 Å². The maximum Gasteiger partial charge on any atom is 0.139 e. The number of imidazole rings is 1. The van der Waals surface area contributed by atoms with Crippen LogP contribution in [0, 0.1) is 0 Å². The second-order valence-corrected chi connectivity index (χ2v) is 2.66. The lowest BCUT2D eigenvalue weighted by molar-refractivity contribution is 1.32. The van der Waals surface area contributed by atoms with Gasteiger partial charge in [0.2, 0.25) is 0 Å². The van der Waals surface area contributed by atoms with E-state index in [9.17, 15) is 0 Å². The van der Waals surface area contributed by atoms with Gasteiger partial charge in [-0.1, -0.05) is 0 Å². The van der Waals surface area contributed by atoms with E-state index >= 15 is 0 Å².